The first-order chi connectivity index (χ1) is 21.1. The molecule has 0 radical (unpaired) electrons. The number of carbonyl (C=O) groups excluding carboxylic acids is 1. The van der Waals surface area contributed by atoms with Crippen molar-refractivity contribution < 1.29 is 23.9 Å². The number of fused-ring (bicyclic) bond motifs is 1. The van der Waals surface area contributed by atoms with Gasteiger partial charge in [0.1, 0.15) is 10.8 Å². The van der Waals surface area contributed by atoms with Crippen LogP contribution in [0.3, 0.4) is 0 Å². The molecule has 234 valence electrons. The fourth-order valence-electron chi connectivity index (χ4n) is 6.86. The van der Waals surface area contributed by atoms with Crippen molar-refractivity contribution in [2.24, 2.45) is 0 Å². The minimum absolute atomic E-state index is 0.0289. The van der Waals surface area contributed by atoms with Gasteiger partial charge in [-0.1, -0.05) is 23.7 Å². The van der Waals surface area contributed by atoms with E-state index >= 15 is 0 Å². The number of nitrogens with zero attached hydrogens (tertiary/aromatic N) is 4. The summed E-state index contributed by atoms with van der Waals surface area (Å²) in [5, 5.41) is 6.67. The second-order valence-electron chi connectivity index (χ2n) is 12.0. The van der Waals surface area contributed by atoms with Crippen LogP contribution in [0.4, 0.5) is 23.1 Å². The topological polar surface area (TPSA) is 140 Å². The summed E-state index contributed by atoms with van der Waals surface area (Å²) in [6.45, 7) is 3.03. The van der Waals surface area contributed by atoms with E-state index in [0.717, 1.165) is 18.4 Å². The minimum Gasteiger partial charge on any atom is -0.495 e. The predicted octanol–water partition coefficient (Wildman–Crippen LogP) is 6.01. The van der Waals surface area contributed by atoms with Crippen LogP contribution >= 0.6 is 19.2 Å². The lowest BCUT2D eigenvalue weighted by Crippen LogP contribution is -2.35. The van der Waals surface area contributed by atoms with Crippen LogP contribution in [0, 0.1) is 0 Å². The first-order valence-electron chi connectivity index (χ1n) is 15.0. The average molecular weight is 641 g/mol. The summed E-state index contributed by atoms with van der Waals surface area (Å²) < 4.78 is 16.9. The summed E-state index contributed by atoms with van der Waals surface area (Å²) >= 11 is 6.51. The van der Waals surface area contributed by atoms with Crippen molar-refractivity contribution in [2.75, 3.05) is 37.9 Å². The van der Waals surface area contributed by atoms with Gasteiger partial charge in [0.2, 0.25) is 5.95 Å². The largest absolute Gasteiger partial charge is 0.495 e. The average Bonchev–Trinajstić information content (AvgIpc) is 3.64. The second-order valence-corrected chi connectivity index (χ2v) is 14.0. The lowest BCUT2D eigenvalue weighted by atomic mass is 9.79. The van der Waals surface area contributed by atoms with Gasteiger partial charge in [-0.3, -0.25) is 9.36 Å². The second kappa shape index (κ2) is 12.7. The van der Waals surface area contributed by atoms with E-state index in [1.54, 1.807) is 23.1 Å². The summed E-state index contributed by atoms with van der Waals surface area (Å²) in [5.41, 5.74) is 4.61. The van der Waals surface area contributed by atoms with Crippen LogP contribution in [0.2, 0.25) is 5.02 Å². The van der Waals surface area contributed by atoms with Crippen LogP contribution in [0.25, 0.3) is 0 Å². The molecule has 6 rings (SSSR count). The number of hydrogen-bond acceptors (Lipinski definition) is 8. The molecule has 1 saturated carbocycles. The number of hydrogen-bond donors (Lipinski definition) is 4. The van der Waals surface area contributed by atoms with Gasteiger partial charge in [-0.15, -0.1) is 0 Å². The molecule has 4 N–H and O–H groups in total. The third-order valence-electron chi connectivity index (χ3n) is 9.00. The summed E-state index contributed by atoms with van der Waals surface area (Å²) in [7, 11) is -0.931. The summed E-state index contributed by atoms with van der Waals surface area (Å²) in [5.74, 6) is 1.35. The van der Waals surface area contributed by atoms with E-state index < -0.39 is 13.8 Å². The summed E-state index contributed by atoms with van der Waals surface area (Å²) in [6.07, 6.45) is 8.37. The molecule has 1 aromatic heterocycles. The summed E-state index contributed by atoms with van der Waals surface area (Å²) in [4.78, 5) is 45.3. The van der Waals surface area contributed by atoms with Crippen LogP contribution in [0.1, 0.15) is 71.5 Å². The SMILES string of the molecule is COc1cc(CP(=O)(O)O)ccc1Nc1ncc(Cl)c(Nc2ccc(C3CCC(N4CCCC4)CC3)c3c2C(=O)N(C)C3)n1. The van der Waals surface area contributed by atoms with Crippen molar-refractivity contribution in [2.45, 2.75) is 63.2 Å². The standard InChI is InChI=1S/C31H38ClN6O5P/c1-37-17-23-22(20-6-8-21(9-7-20)38-13-3-4-14-38)10-12-26(28(23)30(37)39)34-29-24(32)16-33-31(36-29)35-25-11-5-19(15-27(25)43-2)18-44(40,41)42/h5,10-12,15-16,20-21H,3-4,6-9,13-14,17-18H2,1-2H3,(H2,40,41,42)(H2,33,34,35,36). The molecule has 13 heteroatoms. The van der Waals surface area contributed by atoms with E-state index in [1.165, 1.54) is 57.6 Å². The first kappa shape index (κ1) is 30.8. The van der Waals surface area contributed by atoms with Crippen LogP contribution in [-0.4, -0.2) is 68.8 Å². The Morgan fingerprint density at radius 1 is 1.07 bits per heavy atom. The zero-order valence-corrected chi connectivity index (χ0v) is 26.6. The number of carbonyl (C=O) groups is 1. The molecule has 1 aliphatic carbocycles. The molecular weight excluding hydrogens is 603 g/mol. The Morgan fingerprint density at radius 3 is 2.50 bits per heavy atom. The molecule has 2 fully saturated rings. The Morgan fingerprint density at radius 2 is 1.80 bits per heavy atom. The van der Waals surface area contributed by atoms with Crippen molar-refractivity contribution >= 4 is 48.2 Å². The zero-order valence-electron chi connectivity index (χ0n) is 24.9. The number of nitrogens with one attached hydrogen (secondary N) is 2. The van der Waals surface area contributed by atoms with Gasteiger partial charge in [-0.2, -0.15) is 4.98 Å². The van der Waals surface area contributed by atoms with Gasteiger partial charge in [0.15, 0.2) is 5.82 Å². The molecular formula is C31H38ClN6O5P. The van der Waals surface area contributed by atoms with E-state index in [0.29, 0.717) is 52.6 Å². The number of halogens is 1. The first-order valence-corrected chi connectivity index (χ1v) is 17.2. The van der Waals surface area contributed by atoms with Gasteiger partial charge < -0.3 is 35.0 Å². The quantitative estimate of drug-likeness (QED) is 0.206. The van der Waals surface area contributed by atoms with Crippen molar-refractivity contribution in [3.63, 3.8) is 0 Å². The number of likely N-dealkylation sites (tertiary alicyclic amines) is 1. The maximum Gasteiger partial charge on any atom is 0.329 e. The van der Waals surface area contributed by atoms with Crippen LogP contribution in [0.5, 0.6) is 5.75 Å². The predicted molar refractivity (Wildman–Crippen MR) is 170 cm³/mol. The monoisotopic (exact) mass is 640 g/mol. The van der Waals surface area contributed by atoms with Crippen LogP contribution in [-0.2, 0) is 17.3 Å². The number of amides is 1. The molecule has 2 aliphatic heterocycles. The van der Waals surface area contributed by atoms with E-state index in [-0.39, 0.29) is 16.9 Å². The van der Waals surface area contributed by atoms with E-state index in [9.17, 15) is 19.1 Å². The molecule has 0 atom stereocenters. The van der Waals surface area contributed by atoms with Gasteiger partial charge in [-0.25, -0.2) is 4.98 Å². The van der Waals surface area contributed by atoms with Gasteiger partial charge >= 0.3 is 7.60 Å². The van der Waals surface area contributed by atoms with Gasteiger partial charge in [-0.05, 0) is 92.4 Å². The number of aromatic nitrogens is 2. The van der Waals surface area contributed by atoms with Crippen molar-refractivity contribution in [3.8, 4) is 5.75 Å². The fourth-order valence-corrected chi connectivity index (χ4v) is 7.67. The molecule has 0 bridgehead atoms. The third-order valence-corrected chi connectivity index (χ3v) is 10.1. The molecule has 3 aliphatic rings. The molecule has 3 aromatic rings. The Balaban J connectivity index is 1.23. The van der Waals surface area contributed by atoms with Gasteiger partial charge in [0, 0.05) is 19.6 Å². The Labute approximate surface area is 262 Å². The molecule has 0 unspecified atom stereocenters. The lowest BCUT2D eigenvalue weighted by molar-refractivity contribution is 0.0817. The number of anilines is 4. The summed E-state index contributed by atoms with van der Waals surface area (Å²) in [6, 6.07) is 9.62. The van der Waals surface area contributed by atoms with Crippen LogP contribution < -0.4 is 15.4 Å². The fraction of sp³-hybridized carbons (Fsp3) is 0.452. The number of benzene rings is 2. The maximum atomic E-state index is 13.4. The molecule has 44 heavy (non-hydrogen) atoms. The highest BCUT2D eigenvalue weighted by molar-refractivity contribution is 7.50. The third kappa shape index (κ3) is 6.57. The van der Waals surface area contributed by atoms with E-state index in [4.69, 9.17) is 16.3 Å². The Bertz CT molecular complexity index is 1600. The smallest absolute Gasteiger partial charge is 0.329 e. The van der Waals surface area contributed by atoms with E-state index in [1.807, 2.05) is 13.1 Å². The van der Waals surface area contributed by atoms with Crippen molar-refractivity contribution in [1.82, 2.24) is 19.8 Å². The highest BCUT2D eigenvalue weighted by Crippen LogP contribution is 2.43. The molecule has 2 aromatic carbocycles. The van der Waals surface area contributed by atoms with Gasteiger partial charge in [0.05, 0.1) is 36.4 Å². The zero-order chi connectivity index (χ0) is 31.0. The highest BCUT2D eigenvalue weighted by Gasteiger charge is 2.34. The van der Waals surface area contributed by atoms with Gasteiger partial charge in [0.25, 0.3) is 5.91 Å². The maximum absolute atomic E-state index is 13.4. The van der Waals surface area contributed by atoms with Crippen LogP contribution in [0.15, 0.2) is 36.5 Å². The molecule has 3 heterocycles. The van der Waals surface area contributed by atoms with Crippen molar-refractivity contribution in [1.29, 1.82) is 0 Å². The van der Waals surface area contributed by atoms with Crippen molar-refractivity contribution in [3.05, 3.63) is 63.8 Å². The molecule has 11 nitrogen and oxygen atoms in total. The number of methoxy groups -OCH3 is 1. The Hall–Kier alpha value is -3.21. The normalized spacial score (nSPS) is 20.6. The lowest BCUT2D eigenvalue weighted by Gasteiger charge is -2.35. The number of ether oxygens (including phenoxy) is 1. The minimum atomic E-state index is -4.23. The Kier molecular flexibility index (Phi) is 8.86. The highest BCUT2D eigenvalue weighted by atomic mass is 35.5. The molecule has 1 saturated heterocycles. The molecule has 1 amide bonds. The van der Waals surface area contributed by atoms with E-state index in [2.05, 4.69) is 31.6 Å². The number of rotatable bonds is 9. The molecule has 0 spiro atoms.